The highest BCUT2D eigenvalue weighted by Gasteiger charge is 2.21. The van der Waals surface area contributed by atoms with E-state index in [4.69, 9.17) is 4.74 Å². The van der Waals surface area contributed by atoms with Gasteiger partial charge < -0.3 is 10.1 Å². The molecule has 0 aliphatic carbocycles. The molecule has 2 rings (SSSR count). The predicted octanol–water partition coefficient (Wildman–Crippen LogP) is 3.29. The summed E-state index contributed by atoms with van der Waals surface area (Å²) in [6.45, 7) is 1.23. The Bertz CT molecular complexity index is 749. The zero-order chi connectivity index (χ0) is 17.0. The van der Waals surface area contributed by atoms with Crippen molar-refractivity contribution in [2.24, 2.45) is 0 Å². The van der Waals surface area contributed by atoms with Crippen molar-refractivity contribution in [2.75, 3.05) is 5.32 Å². The number of nitrogens with one attached hydrogen (secondary N) is 1. The molecule has 1 N–H and O–H groups in total. The number of amides is 1. The number of hydrogen-bond acceptors (Lipinski definition) is 3. The molecule has 0 heterocycles. The molecule has 0 saturated carbocycles. The maximum atomic E-state index is 13.4. The fourth-order valence-electron chi connectivity index (χ4n) is 1.73. The highest BCUT2D eigenvalue weighted by atomic mass is 19.1. The van der Waals surface area contributed by atoms with Crippen LogP contribution in [0, 0.1) is 17.5 Å². The molecular formula is C16H12F3NO3. The first-order chi connectivity index (χ1) is 10.9. The third-order valence-electron chi connectivity index (χ3n) is 2.93. The lowest BCUT2D eigenvalue weighted by Gasteiger charge is -2.14. The van der Waals surface area contributed by atoms with Crippen LogP contribution in [0.15, 0.2) is 42.5 Å². The minimum absolute atomic E-state index is 0.330. The molecule has 0 spiro atoms. The van der Waals surface area contributed by atoms with E-state index in [1.165, 1.54) is 25.1 Å². The topological polar surface area (TPSA) is 55.4 Å². The smallest absolute Gasteiger partial charge is 0.341 e. The lowest BCUT2D eigenvalue weighted by Crippen LogP contribution is -2.30. The van der Waals surface area contributed by atoms with Crippen LogP contribution < -0.4 is 5.32 Å². The maximum Gasteiger partial charge on any atom is 0.341 e. The van der Waals surface area contributed by atoms with Crippen LogP contribution in [-0.4, -0.2) is 18.0 Å². The van der Waals surface area contributed by atoms with Crippen LogP contribution in [0.4, 0.5) is 18.9 Å². The number of carbonyl (C=O) groups excluding carboxylic acids is 2. The molecule has 0 fully saturated rings. The standard InChI is InChI=1S/C16H12F3NO3/c1-9(23-16(22)11-4-2-3-5-12(11)18)15(21)20-14-8-10(17)6-7-13(14)19/h2-9H,1H3,(H,20,21)/t9-/m0/s1. The van der Waals surface area contributed by atoms with Crippen LogP contribution >= 0.6 is 0 Å². The van der Waals surface area contributed by atoms with Crippen molar-refractivity contribution in [1.29, 1.82) is 0 Å². The number of rotatable bonds is 4. The van der Waals surface area contributed by atoms with E-state index >= 15 is 0 Å². The van der Waals surface area contributed by atoms with Gasteiger partial charge in [0.1, 0.15) is 17.5 Å². The Morgan fingerprint density at radius 2 is 1.74 bits per heavy atom. The number of carbonyl (C=O) groups is 2. The molecular weight excluding hydrogens is 311 g/mol. The Hall–Kier alpha value is -2.83. The summed E-state index contributed by atoms with van der Waals surface area (Å²) in [5.74, 6) is -4.28. The predicted molar refractivity (Wildman–Crippen MR) is 76.3 cm³/mol. The summed E-state index contributed by atoms with van der Waals surface area (Å²) in [4.78, 5) is 23.6. The first-order valence-electron chi connectivity index (χ1n) is 6.60. The molecule has 1 amide bonds. The lowest BCUT2D eigenvalue weighted by atomic mass is 10.2. The molecule has 120 valence electrons. The van der Waals surface area contributed by atoms with E-state index in [1.54, 1.807) is 0 Å². The molecule has 4 nitrogen and oxygen atoms in total. The van der Waals surface area contributed by atoms with Gasteiger partial charge >= 0.3 is 5.97 Å². The molecule has 0 radical (unpaired) electrons. The second-order valence-electron chi connectivity index (χ2n) is 4.64. The van der Waals surface area contributed by atoms with Crippen LogP contribution in [0.25, 0.3) is 0 Å². The molecule has 0 aromatic heterocycles. The molecule has 1 atom stereocenters. The van der Waals surface area contributed by atoms with E-state index in [2.05, 4.69) is 5.32 Å². The number of hydrogen-bond donors (Lipinski definition) is 1. The largest absolute Gasteiger partial charge is 0.449 e. The van der Waals surface area contributed by atoms with Gasteiger partial charge in [-0.1, -0.05) is 12.1 Å². The Labute approximate surface area is 129 Å². The molecule has 0 saturated heterocycles. The van der Waals surface area contributed by atoms with E-state index < -0.39 is 35.4 Å². The summed E-state index contributed by atoms with van der Waals surface area (Å²) < 4.78 is 44.7. The van der Waals surface area contributed by atoms with Crippen LogP contribution in [0.3, 0.4) is 0 Å². The Balaban J connectivity index is 2.04. The van der Waals surface area contributed by atoms with Gasteiger partial charge in [-0.15, -0.1) is 0 Å². The average molecular weight is 323 g/mol. The van der Waals surface area contributed by atoms with E-state index in [1.807, 2.05) is 0 Å². The number of esters is 1. The SMILES string of the molecule is C[C@H](OC(=O)c1ccccc1F)C(=O)Nc1cc(F)ccc1F. The van der Waals surface area contributed by atoms with Crippen molar-refractivity contribution < 1.29 is 27.5 Å². The molecule has 0 aliphatic heterocycles. The van der Waals surface area contributed by atoms with Gasteiger partial charge in [0.2, 0.25) is 0 Å². The van der Waals surface area contributed by atoms with Gasteiger partial charge in [0.15, 0.2) is 6.10 Å². The van der Waals surface area contributed by atoms with E-state index in [0.29, 0.717) is 0 Å². The van der Waals surface area contributed by atoms with Crippen LogP contribution in [0.2, 0.25) is 0 Å². The third-order valence-corrected chi connectivity index (χ3v) is 2.93. The van der Waals surface area contributed by atoms with Gasteiger partial charge in [-0.05, 0) is 31.2 Å². The quantitative estimate of drug-likeness (QED) is 0.879. The van der Waals surface area contributed by atoms with Gasteiger partial charge in [-0.3, -0.25) is 4.79 Å². The Morgan fingerprint density at radius 1 is 1.04 bits per heavy atom. The normalized spacial score (nSPS) is 11.7. The average Bonchev–Trinajstić information content (AvgIpc) is 2.51. The van der Waals surface area contributed by atoms with Crippen LogP contribution in [-0.2, 0) is 9.53 Å². The van der Waals surface area contributed by atoms with Gasteiger partial charge in [-0.2, -0.15) is 0 Å². The first-order valence-corrected chi connectivity index (χ1v) is 6.60. The zero-order valence-corrected chi connectivity index (χ0v) is 12.0. The molecule has 0 bridgehead atoms. The highest BCUT2D eigenvalue weighted by molar-refractivity contribution is 5.97. The minimum Gasteiger partial charge on any atom is -0.449 e. The van der Waals surface area contributed by atoms with Crippen molar-refractivity contribution in [3.8, 4) is 0 Å². The molecule has 0 unspecified atom stereocenters. The third kappa shape index (κ3) is 4.09. The molecule has 7 heteroatoms. The summed E-state index contributed by atoms with van der Waals surface area (Å²) in [5.41, 5.74) is -0.715. The molecule has 2 aromatic carbocycles. The molecule has 0 aliphatic rings. The van der Waals surface area contributed by atoms with Gasteiger partial charge in [0.25, 0.3) is 5.91 Å². The second-order valence-corrected chi connectivity index (χ2v) is 4.64. The fraction of sp³-hybridized carbons (Fsp3) is 0.125. The minimum atomic E-state index is -1.33. The summed E-state index contributed by atoms with van der Waals surface area (Å²) in [6.07, 6.45) is -1.33. The number of halogens is 3. The monoisotopic (exact) mass is 323 g/mol. The van der Waals surface area contributed by atoms with Crippen molar-refractivity contribution >= 4 is 17.6 Å². The second kappa shape index (κ2) is 6.95. The number of benzene rings is 2. The van der Waals surface area contributed by atoms with Crippen LogP contribution in [0.5, 0.6) is 0 Å². The van der Waals surface area contributed by atoms with Crippen molar-refractivity contribution in [3.63, 3.8) is 0 Å². The van der Waals surface area contributed by atoms with E-state index in [9.17, 15) is 22.8 Å². The number of ether oxygens (including phenoxy) is 1. The van der Waals surface area contributed by atoms with Crippen molar-refractivity contribution in [1.82, 2.24) is 0 Å². The summed E-state index contributed by atoms with van der Waals surface area (Å²) in [6, 6.07) is 7.64. The van der Waals surface area contributed by atoms with E-state index in [0.717, 1.165) is 24.3 Å². The summed E-state index contributed by atoms with van der Waals surface area (Å²) in [5, 5.41) is 2.10. The lowest BCUT2D eigenvalue weighted by molar-refractivity contribution is -0.123. The fourth-order valence-corrected chi connectivity index (χ4v) is 1.73. The molecule has 2 aromatic rings. The van der Waals surface area contributed by atoms with Crippen molar-refractivity contribution in [2.45, 2.75) is 13.0 Å². The summed E-state index contributed by atoms with van der Waals surface area (Å²) in [7, 11) is 0. The van der Waals surface area contributed by atoms with E-state index in [-0.39, 0.29) is 11.3 Å². The first kappa shape index (κ1) is 16.5. The van der Waals surface area contributed by atoms with Crippen molar-refractivity contribution in [3.05, 3.63) is 65.5 Å². The van der Waals surface area contributed by atoms with Crippen LogP contribution in [0.1, 0.15) is 17.3 Å². The number of anilines is 1. The van der Waals surface area contributed by atoms with Gasteiger partial charge in [0, 0.05) is 6.07 Å². The maximum absolute atomic E-state index is 13.4. The summed E-state index contributed by atoms with van der Waals surface area (Å²) >= 11 is 0. The van der Waals surface area contributed by atoms with Gasteiger partial charge in [-0.25, -0.2) is 18.0 Å². The highest BCUT2D eigenvalue weighted by Crippen LogP contribution is 2.16. The Morgan fingerprint density at radius 3 is 2.43 bits per heavy atom. The van der Waals surface area contributed by atoms with Gasteiger partial charge in [0.05, 0.1) is 11.3 Å². The Kier molecular flexibility index (Phi) is 5.00. The molecule has 23 heavy (non-hydrogen) atoms. The zero-order valence-electron chi connectivity index (χ0n) is 12.0.